The number of hydrogen-bond acceptors (Lipinski definition) is 4. The highest BCUT2D eigenvalue weighted by atomic mass is 19.4. The number of nitrogens with one attached hydrogen (secondary N) is 1. The van der Waals surface area contributed by atoms with E-state index in [9.17, 15) is 18.0 Å². The molecule has 0 atom stereocenters. The average molecular weight is 461 g/mol. The minimum atomic E-state index is -4.56. The quantitative estimate of drug-likeness (QED) is 0.525. The van der Waals surface area contributed by atoms with Crippen molar-refractivity contribution in [3.8, 4) is 17.2 Å². The molecule has 1 aromatic heterocycles. The van der Waals surface area contributed by atoms with Crippen LogP contribution in [0.1, 0.15) is 34.5 Å². The van der Waals surface area contributed by atoms with Gasteiger partial charge in [-0.1, -0.05) is 12.1 Å². The number of ether oxygens (including phenoxy) is 2. The summed E-state index contributed by atoms with van der Waals surface area (Å²) >= 11 is 0. The minimum Gasteiger partial charge on any atom is -0.493 e. The van der Waals surface area contributed by atoms with E-state index >= 15 is 0 Å². The fourth-order valence-electron chi connectivity index (χ4n) is 3.58. The van der Waals surface area contributed by atoms with Crippen LogP contribution in [0.5, 0.6) is 11.5 Å². The number of carbonyl (C=O) groups excluding carboxylic acids is 1. The van der Waals surface area contributed by atoms with Gasteiger partial charge in [-0.25, -0.2) is 4.68 Å². The highest BCUT2D eigenvalue weighted by molar-refractivity contribution is 5.76. The molecule has 33 heavy (non-hydrogen) atoms. The van der Waals surface area contributed by atoms with Crippen LogP contribution in [-0.2, 0) is 23.9 Å². The van der Waals surface area contributed by atoms with E-state index in [1.54, 1.807) is 38.1 Å². The number of methoxy groups -OCH3 is 2. The third-order valence-corrected chi connectivity index (χ3v) is 5.22. The number of carbonyl (C=O) groups is 1. The van der Waals surface area contributed by atoms with Gasteiger partial charge >= 0.3 is 6.18 Å². The van der Waals surface area contributed by atoms with Crippen LogP contribution in [0.3, 0.4) is 0 Å². The first kappa shape index (κ1) is 24.2. The highest BCUT2D eigenvalue weighted by Gasteiger charge is 2.34. The van der Waals surface area contributed by atoms with E-state index in [0.717, 1.165) is 17.3 Å². The summed E-state index contributed by atoms with van der Waals surface area (Å²) in [7, 11) is 3.05. The smallest absolute Gasteiger partial charge is 0.416 e. The van der Waals surface area contributed by atoms with Crippen LogP contribution < -0.4 is 14.8 Å². The molecule has 2 aromatic carbocycles. The van der Waals surface area contributed by atoms with Gasteiger partial charge in [0.15, 0.2) is 11.5 Å². The van der Waals surface area contributed by atoms with Crippen LogP contribution in [0.15, 0.2) is 42.5 Å². The molecule has 3 rings (SSSR count). The summed E-state index contributed by atoms with van der Waals surface area (Å²) in [6.45, 7) is 3.33. The molecule has 176 valence electrons. The monoisotopic (exact) mass is 461 g/mol. The molecule has 6 nitrogen and oxygen atoms in total. The third-order valence-electron chi connectivity index (χ3n) is 5.22. The first-order valence-corrected chi connectivity index (χ1v) is 10.3. The molecule has 0 saturated heterocycles. The first-order valence-electron chi connectivity index (χ1n) is 10.3. The van der Waals surface area contributed by atoms with Crippen molar-refractivity contribution in [1.29, 1.82) is 0 Å². The number of aryl methyl sites for hydroxylation is 3. The molecule has 0 aliphatic carbocycles. The van der Waals surface area contributed by atoms with Gasteiger partial charge in [0, 0.05) is 18.7 Å². The number of alkyl halides is 3. The summed E-state index contributed by atoms with van der Waals surface area (Å²) in [5, 5.41) is 6.84. The van der Waals surface area contributed by atoms with Crippen LogP contribution >= 0.6 is 0 Å². The lowest BCUT2D eigenvalue weighted by molar-refractivity contribution is -0.138. The predicted octanol–water partition coefficient (Wildman–Crippen LogP) is 4.77. The van der Waals surface area contributed by atoms with Gasteiger partial charge in [0.05, 0.1) is 31.2 Å². The van der Waals surface area contributed by atoms with Crippen molar-refractivity contribution in [3.05, 3.63) is 70.5 Å². The van der Waals surface area contributed by atoms with E-state index in [1.807, 2.05) is 6.07 Å². The van der Waals surface area contributed by atoms with E-state index in [4.69, 9.17) is 9.47 Å². The summed E-state index contributed by atoms with van der Waals surface area (Å²) in [5.74, 6) is 0.780. The van der Waals surface area contributed by atoms with Crippen molar-refractivity contribution in [2.75, 3.05) is 14.2 Å². The summed E-state index contributed by atoms with van der Waals surface area (Å²) in [5.41, 5.74) is 1.81. The lowest BCUT2D eigenvalue weighted by atomic mass is 10.1. The molecular weight excluding hydrogens is 435 g/mol. The first-order chi connectivity index (χ1) is 15.6. The second kappa shape index (κ2) is 9.97. The third kappa shape index (κ3) is 5.85. The number of aromatic nitrogens is 2. The van der Waals surface area contributed by atoms with Crippen LogP contribution in [-0.4, -0.2) is 29.9 Å². The SMILES string of the molecule is COc1ccc(CCC(=O)NCc2ccc(-n3nc(C)cc3C)cc2C(F)(F)F)cc1OC. The van der Waals surface area contributed by atoms with Gasteiger partial charge in [0.2, 0.25) is 5.91 Å². The van der Waals surface area contributed by atoms with Crippen molar-refractivity contribution >= 4 is 5.91 Å². The molecule has 0 radical (unpaired) electrons. The van der Waals surface area contributed by atoms with E-state index in [0.29, 0.717) is 29.3 Å². The van der Waals surface area contributed by atoms with E-state index in [-0.39, 0.29) is 24.4 Å². The molecule has 0 unspecified atom stereocenters. The number of benzene rings is 2. The van der Waals surface area contributed by atoms with Gasteiger partial charge in [-0.2, -0.15) is 18.3 Å². The minimum absolute atomic E-state index is 0.00718. The Balaban J connectivity index is 1.69. The number of amides is 1. The summed E-state index contributed by atoms with van der Waals surface area (Å²) < 4.78 is 53.0. The number of hydrogen-bond donors (Lipinski definition) is 1. The molecule has 1 N–H and O–H groups in total. The van der Waals surface area contributed by atoms with Gasteiger partial charge in [-0.15, -0.1) is 0 Å². The zero-order chi connectivity index (χ0) is 24.2. The van der Waals surface area contributed by atoms with E-state index < -0.39 is 11.7 Å². The highest BCUT2D eigenvalue weighted by Crippen LogP contribution is 2.34. The van der Waals surface area contributed by atoms with Gasteiger partial charge in [0.25, 0.3) is 0 Å². The van der Waals surface area contributed by atoms with E-state index in [2.05, 4.69) is 10.4 Å². The van der Waals surface area contributed by atoms with Crippen molar-refractivity contribution in [2.24, 2.45) is 0 Å². The number of halogens is 3. The summed E-state index contributed by atoms with van der Waals surface area (Å²) in [6, 6.07) is 11.1. The molecule has 0 fully saturated rings. The Hall–Kier alpha value is -3.49. The molecule has 1 heterocycles. The molecule has 0 aliphatic rings. The van der Waals surface area contributed by atoms with Crippen LogP contribution in [0, 0.1) is 13.8 Å². The second-order valence-electron chi connectivity index (χ2n) is 7.64. The van der Waals surface area contributed by atoms with E-state index in [1.165, 1.54) is 25.0 Å². The zero-order valence-electron chi connectivity index (χ0n) is 18.9. The largest absolute Gasteiger partial charge is 0.493 e. The average Bonchev–Trinajstić information content (AvgIpc) is 3.13. The summed E-state index contributed by atoms with van der Waals surface area (Å²) in [4.78, 5) is 12.3. The van der Waals surface area contributed by atoms with Gasteiger partial charge in [0.1, 0.15) is 0 Å². The Morgan fingerprint density at radius 2 is 1.76 bits per heavy atom. The molecule has 1 amide bonds. The lowest BCUT2D eigenvalue weighted by Gasteiger charge is -2.16. The maximum atomic E-state index is 13.7. The fraction of sp³-hybridized carbons (Fsp3) is 0.333. The van der Waals surface area contributed by atoms with Crippen LogP contribution in [0.4, 0.5) is 13.2 Å². The van der Waals surface area contributed by atoms with Crippen molar-refractivity contribution < 1.29 is 27.4 Å². The predicted molar refractivity (Wildman–Crippen MR) is 118 cm³/mol. The zero-order valence-corrected chi connectivity index (χ0v) is 18.9. The van der Waals surface area contributed by atoms with Crippen molar-refractivity contribution in [2.45, 2.75) is 39.4 Å². The van der Waals surface area contributed by atoms with Gasteiger partial charge in [-0.3, -0.25) is 4.79 Å². The molecule has 3 aromatic rings. The maximum Gasteiger partial charge on any atom is 0.416 e. The Bertz CT molecular complexity index is 1140. The fourth-order valence-corrected chi connectivity index (χ4v) is 3.58. The summed E-state index contributed by atoms with van der Waals surface area (Å²) in [6.07, 6.45) is -4.03. The Labute approximate surface area is 190 Å². The Morgan fingerprint density at radius 1 is 1.03 bits per heavy atom. The molecule has 0 aliphatic heterocycles. The van der Waals surface area contributed by atoms with Gasteiger partial charge < -0.3 is 14.8 Å². The van der Waals surface area contributed by atoms with Crippen LogP contribution in [0.25, 0.3) is 5.69 Å². The molecular formula is C24H26F3N3O3. The standard InChI is InChI=1S/C24H26F3N3O3/c1-15-11-16(2)30(29-15)19-8-7-18(20(13-19)24(25,26)27)14-28-23(31)10-6-17-5-9-21(32-3)22(12-17)33-4/h5,7-9,11-13H,6,10,14H2,1-4H3,(H,28,31). The normalized spacial score (nSPS) is 11.4. The molecule has 9 heteroatoms. The van der Waals surface area contributed by atoms with Gasteiger partial charge in [-0.05, 0) is 61.7 Å². The van der Waals surface area contributed by atoms with Crippen LogP contribution in [0.2, 0.25) is 0 Å². The molecule has 0 bridgehead atoms. The Morgan fingerprint density at radius 3 is 2.36 bits per heavy atom. The second-order valence-corrected chi connectivity index (χ2v) is 7.64. The maximum absolute atomic E-state index is 13.7. The molecule has 0 saturated carbocycles. The lowest BCUT2D eigenvalue weighted by Crippen LogP contribution is -2.25. The molecule has 0 spiro atoms. The number of nitrogens with zero attached hydrogens (tertiary/aromatic N) is 2. The number of rotatable bonds is 8. The van der Waals surface area contributed by atoms with Crippen molar-refractivity contribution in [3.63, 3.8) is 0 Å². The Kier molecular flexibility index (Phi) is 7.30. The van der Waals surface area contributed by atoms with Crippen molar-refractivity contribution in [1.82, 2.24) is 15.1 Å². The topological polar surface area (TPSA) is 65.4 Å².